The van der Waals surface area contributed by atoms with E-state index in [1.165, 1.54) is 5.56 Å². The summed E-state index contributed by atoms with van der Waals surface area (Å²) in [7, 11) is -4.01. The van der Waals surface area contributed by atoms with Crippen LogP contribution >= 0.6 is 11.3 Å². The smallest absolute Gasteiger partial charge is 0.748 e. The van der Waals surface area contributed by atoms with Gasteiger partial charge in [-0.1, -0.05) is 0 Å². The van der Waals surface area contributed by atoms with Crippen molar-refractivity contribution in [3.8, 4) is 0 Å². The standard InChI is InChI=1S/C8H12O3S2.Na/c9-13(10,11)6-2-1-3-8-4-5-12-7-8;/h4-5,7H,1-3,6H2,(H,9,10,11);/q;+1/p-1. The van der Waals surface area contributed by atoms with Crippen LogP contribution in [0.2, 0.25) is 0 Å². The zero-order valence-corrected chi connectivity index (χ0v) is 11.7. The van der Waals surface area contributed by atoms with E-state index in [0.717, 1.165) is 12.8 Å². The van der Waals surface area contributed by atoms with E-state index in [1.807, 2.05) is 16.8 Å². The molecule has 0 amide bonds. The van der Waals surface area contributed by atoms with E-state index in [1.54, 1.807) is 11.3 Å². The van der Waals surface area contributed by atoms with Gasteiger partial charge in [-0.05, 0) is 41.7 Å². The summed E-state index contributed by atoms with van der Waals surface area (Å²) in [6.45, 7) is 0. The summed E-state index contributed by atoms with van der Waals surface area (Å²) in [5, 5.41) is 4.02. The van der Waals surface area contributed by atoms with Crippen molar-refractivity contribution in [1.82, 2.24) is 0 Å². The molecule has 0 aliphatic rings. The molecule has 0 unspecified atom stereocenters. The first-order valence-corrected chi connectivity index (χ1v) is 6.54. The first kappa shape index (κ1) is 14.6. The SMILES string of the molecule is O=S(=O)([O-])CCCCc1ccsc1.[Na+]. The maximum Gasteiger partial charge on any atom is 1.00 e. The van der Waals surface area contributed by atoms with Gasteiger partial charge >= 0.3 is 29.6 Å². The van der Waals surface area contributed by atoms with Crippen LogP contribution in [-0.4, -0.2) is 18.7 Å². The number of hydrogen-bond acceptors (Lipinski definition) is 4. The fraction of sp³-hybridized carbons (Fsp3) is 0.500. The topological polar surface area (TPSA) is 57.2 Å². The van der Waals surface area contributed by atoms with E-state index in [4.69, 9.17) is 0 Å². The molecule has 74 valence electrons. The van der Waals surface area contributed by atoms with Crippen LogP contribution < -0.4 is 29.6 Å². The van der Waals surface area contributed by atoms with Gasteiger partial charge in [0.15, 0.2) is 0 Å². The van der Waals surface area contributed by atoms with Crippen LogP contribution in [0.1, 0.15) is 18.4 Å². The molecule has 0 radical (unpaired) electrons. The minimum Gasteiger partial charge on any atom is -0.748 e. The maximum atomic E-state index is 10.2. The second-order valence-electron chi connectivity index (χ2n) is 2.85. The molecule has 0 aromatic carbocycles. The molecule has 1 aromatic rings. The summed E-state index contributed by atoms with van der Waals surface area (Å²) in [5.74, 6) is -0.239. The van der Waals surface area contributed by atoms with Crippen LogP contribution in [0.4, 0.5) is 0 Å². The predicted molar refractivity (Wildman–Crippen MR) is 51.8 cm³/mol. The van der Waals surface area contributed by atoms with Gasteiger partial charge in [0.25, 0.3) is 0 Å². The van der Waals surface area contributed by atoms with E-state index in [0.29, 0.717) is 6.42 Å². The van der Waals surface area contributed by atoms with E-state index < -0.39 is 10.1 Å². The summed E-state index contributed by atoms with van der Waals surface area (Å²) in [4.78, 5) is 0. The summed E-state index contributed by atoms with van der Waals surface area (Å²) >= 11 is 1.62. The Morgan fingerprint density at radius 2 is 2.07 bits per heavy atom. The molecule has 0 saturated carbocycles. The minimum atomic E-state index is -4.01. The van der Waals surface area contributed by atoms with Crippen molar-refractivity contribution in [2.45, 2.75) is 19.3 Å². The number of aryl methyl sites for hydroxylation is 1. The van der Waals surface area contributed by atoms with Crippen LogP contribution in [0.3, 0.4) is 0 Å². The Bertz CT molecular complexity index is 331. The van der Waals surface area contributed by atoms with Crippen LogP contribution in [0.25, 0.3) is 0 Å². The number of rotatable bonds is 5. The van der Waals surface area contributed by atoms with Crippen molar-refractivity contribution in [3.05, 3.63) is 22.4 Å². The van der Waals surface area contributed by atoms with Gasteiger partial charge in [0, 0.05) is 5.75 Å². The molecule has 0 bridgehead atoms. The van der Waals surface area contributed by atoms with E-state index in [9.17, 15) is 13.0 Å². The van der Waals surface area contributed by atoms with Gasteiger partial charge in [0.1, 0.15) is 0 Å². The van der Waals surface area contributed by atoms with Crippen molar-refractivity contribution < 1.29 is 42.5 Å². The average Bonchev–Trinajstić information content (AvgIpc) is 2.48. The molecule has 1 heterocycles. The zero-order valence-electron chi connectivity index (χ0n) is 8.10. The molecule has 1 rings (SSSR count). The van der Waals surface area contributed by atoms with Crippen molar-refractivity contribution in [1.29, 1.82) is 0 Å². The monoisotopic (exact) mass is 242 g/mol. The molecule has 0 aliphatic heterocycles. The second-order valence-corrected chi connectivity index (χ2v) is 5.15. The molecular formula is C8H11NaO3S2. The molecule has 14 heavy (non-hydrogen) atoms. The van der Waals surface area contributed by atoms with Crippen molar-refractivity contribution >= 4 is 21.5 Å². The van der Waals surface area contributed by atoms with Crippen LogP contribution in [0.15, 0.2) is 16.8 Å². The summed E-state index contributed by atoms with van der Waals surface area (Å²) < 4.78 is 30.7. The summed E-state index contributed by atoms with van der Waals surface area (Å²) in [6, 6.07) is 2.01. The Kier molecular flexibility index (Phi) is 7.28. The van der Waals surface area contributed by atoms with Crippen LogP contribution in [-0.2, 0) is 16.5 Å². The first-order chi connectivity index (χ1) is 6.08. The molecule has 0 atom stereocenters. The Morgan fingerprint density at radius 1 is 1.36 bits per heavy atom. The third kappa shape index (κ3) is 6.98. The fourth-order valence-corrected chi connectivity index (χ4v) is 2.30. The molecule has 0 fully saturated rings. The van der Waals surface area contributed by atoms with Crippen molar-refractivity contribution in [2.75, 3.05) is 5.75 Å². The quantitative estimate of drug-likeness (QED) is 0.363. The fourth-order valence-electron chi connectivity index (χ4n) is 1.04. The number of unbranched alkanes of at least 4 members (excludes halogenated alkanes) is 1. The second kappa shape index (κ2) is 6.98. The first-order valence-electron chi connectivity index (χ1n) is 4.02. The minimum absolute atomic E-state index is 0. The van der Waals surface area contributed by atoms with Gasteiger partial charge in [0.2, 0.25) is 0 Å². The van der Waals surface area contributed by atoms with Crippen LogP contribution in [0.5, 0.6) is 0 Å². The molecule has 0 N–H and O–H groups in total. The molecule has 3 nitrogen and oxygen atoms in total. The van der Waals surface area contributed by atoms with Gasteiger partial charge in [0.05, 0.1) is 10.1 Å². The molecule has 6 heteroatoms. The zero-order chi connectivity index (χ0) is 9.73. The van der Waals surface area contributed by atoms with Gasteiger partial charge in [-0.2, -0.15) is 11.3 Å². The third-order valence-electron chi connectivity index (χ3n) is 1.69. The van der Waals surface area contributed by atoms with E-state index in [2.05, 4.69) is 0 Å². The molecule has 0 saturated heterocycles. The predicted octanol–water partition coefficient (Wildman–Crippen LogP) is -1.38. The molecular weight excluding hydrogens is 231 g/mol. The third-order valence-corrected chi connectivity index (χ3v) is 3.21. The number of hydrogen-bond donors (Lipinski definition) is 0. The average molecular weight is 242 g/mol. The summed E-state index contributed by atoms with van der Waals surface area (Å²) in [6.07, 6.45) is 2.08. The Labute approximate surface area is 111 Å². The van der Waals surface area contributed by atoms with Gasteiger partial charge in [-0.25, -0.2) is 8.42 Å². The number of thiophene rings is 1. The largest absolute Gasteiger partial charge is 1.00 e. The van der Waals surface area contributed by atoms with Crippen LogP contribution in [0, 0.1) is 0 Å². The van der Waals surface area contributed by atoms with E-state index in [-0.39, 0.29) is 35.3 Å². The van der Waals surface area contributed by atoms with Crippen molar-refractivity contribution in [3.63, 3.8) is 0 Å². The Morgan fingerprint density at radius 3 is 2.57 bits per heavy atom. The summed E-state index contributed by atoms with van der Waals surface area (Å²) in [5.41, 5.74) is 1.22. The van der Waals surface area contributed by atoms with Gasteiger partial charge in [-0.15, -0.1) is 0 Å². The molecule has 1 aromatic heterocycles. The molecule has 0 spiro atoms. The van der Waals surface area contributed by atoms with E-state index >= 15 is 0 Å². The van der Waals surface area contributed by atoms with Gasteiger partial charge in [-0.3, -0.25) is 0 Å². The Balaban J connectivity index is 0.00000169. The molecule has 0 aliphatic carbocycles. The Hall–Kier alpha value is 0.610. The normalized spacial score (nSPS) is 10.9. The van der Waals surface area contributed by atoms with Gasteiger partial charge < -0.3 is 4.55 Å². The van der Waals surface area contributed by atoms with Crippen molar-refractivity contribution in [2.24, 2.45) is 0 Å². The maximum absolute atomic E-state index is 10.2.